The first-order chi connectivity index (χ1) is 13.0. The zero-order chi connectivity index (χ0) is 19.4. The van der Waals surface area contributed by atoms with Crippen LogP contribution >= 0.6 is 0 Å². The molecule has 27 heavy (non-hydrogen) atoms. The van der Waals surface area contributed by atoms with Gasteiger partial charge in [0.15, 0.2) is 0 Å². The molecule has 1 fully saturated rings. The molecule has 0 saturated carbocycles. The predicted molar refractivity (Wildman–Crippen MR) is 101 cm³/mol. The molecule has 1 aliphatic heterocycles. The molecule has 7 heteroatoms. The van der Waals surface area contributed by atoms with Gasteiger partial charge in [-0.05, 0) is 35.7 Å². The minimum Gasteiger partial charge on any atom is -0.444 e. The number of amides is 2. The maximum atomic E-state index is 14.6. The molecular weight excluding hydrogens is 349 g/mol. The molecule has 2 aromatic rings. The number of carbonyl (C=O) groups excluding carboxylic acids is 2. The molecule has 142 valence electrons. The van der Waals surface area contributed by atoms with Gasteiger partial charge in [-0.2, -0.15) is 0 Å². The maximum absolute atomic E-state index is 14.6. The van der Waals surface area contributed by atoms with Crippen LogP contribution in [0, 0.1) is 5.82 Å². The van der Waals surface area contributed by atoms with Crippen LogP contribution in [0.4, 0.5) is 14.9 Å². The van der Waals surface area contributed by atoms with E-state index >= 15 is 0 Å². The largest absolute Gasteiger partial charge is 0.444 e. The minimum atomic E-state index is -0.446. The van der Waals surface area contributed by atoms with Crippen molar-refractivity contribution in [1.29, 1.82) is 0 Å². The van der Waals surface area contributed by atoms with Gasteiger partial charge in [-0.25, -0.2) is 9.18 Å². The summed E-state index contributed by atoms with van der Waals surface area (Å²) in [5.41, 5.74) is 7.78. The minimum absolute atomic E-state index is 0.0563. The first kappa shape index (κ1) is 18.8. The third-order valence-corrected chi connectivity index (χ3v) is 4.53. The Labute approximate surface area is 157 Å². The van der Waals surface area contributed by atoms with Crippen LogP contribution in [0.25, 0.3) is 11.1 Å². The average molecular weight is 371 g/mol. The number of nitrogens with two attached hydrogens (primary N) is 1. The summed E-state index contributed by atoms with van der Waals surface area (Å²) in [6, 6.07) is 11.9. The second kappa shape index (κ2) is 8.18. The molecule has 0 aromatic heterocycles. The Hall–Kier alpha value is -2.93. The summed E-state index contributed by atoms with van der Waals surface area (Å²) in [6.45, 7) is 2.68. The molecule has 1 atom stereocenters. The van der Waals surface area contributed by atoms with E-state index in [4.69, 9.17) is 10.5 Å². The summed E-state index contributed by atoms with van der Waals surface area (Å²) in [6.07, 6.45) is 0.117. The lowest BCUT2D eigenvalue weighted by atomic mass is 10.0. The predicted octanol–water partition coefficient (Wildman–Crippen LogP) is 2.80. The molecule has 3 N–H and O–H groups in total. The van der Waals surface area contributed by atoms with Gasteiger partial charge in [-0.3, -0.25) is 9.69 Å². The molecular formula is C20H22FN3O3. The monoisotopic (exact) mass is 371 g/mol. The van der Waals surface area contributed by atoms with Crippen molar-refractivity contribution in [2.45, 2.75) is 26.0 Å². The van der Waals surface area contributed by atoms with Crippen molar-refractivity contribution < 1.29 is 18.7 Å². The number of hydrogen-bond donors (Lipinski definition) is 2. The first-order valence-corrected chi connectivity index (χ1v) is 8.85. The third kappa shape index (κ3) is 4.25. The van der Waals surface area contributed by atoms with Crippen LogP contribution in [0.15, 0.2) is 42.5 Å². The number of ether oxygens (including phenoxy) is 1. The Morgan fingerprint density at radius 1 is 1.30 bits per heavy atom. The molecule has 2 amide bonds. The number of benzene rings is 2. The van der Waals surface area contributed by atoms with E-state index in [0.29, 0.717) is 29.9 Å². The van der Waals surface area contributed by atoms with Gasteiger partial charge in [0, 0.05) is 12.1 Å². The lowest BCUT2D eigenvalue weighted by molar-refractivity contribution is -0.119. The normalized spacial score (nSPS) is 16.3. The van der Waals surface area contributed by atoms with Crippen LogP contribution in [0.2, 0.25) is 0 Å². The second-order valence-electron chi connectivity index (χ2n) is 6.37. The molecule has 1 heterocycles. The summed E-state index contributed by atoms with van der Waals surface area (Å²) in [5.74, 6) is -0.643. The number of hydrogen-bond acceptors (Lipinski definition) is 4. The van der Waals surface area contributed by atoms with Crippen LogP contribution in [0.5, 0.6) is 0 Å². The highest BCUT2D eigenvalue weighted by molar-refractivity contribution is 5.90. The van der Waals surface area contributed by atoms with Gasteiger partial charge in [0.2, 0.25) is 5.91 Å². The SMILES string of the molecule is CC[C@H]1CN(c2ccc(-c3ccc(CNC(=O)CN)cc3)c(F)c2)C(=O)O1. The van der Waals surface area contributed by atoms with E-state index in [1.807, 2.05) is 19.1 Å². The Balaban J connectivity index is 1.74. The van der Waals surface area contributed by atoms with Crippen LogP contribution in [0.1, 0.15) is 18.9 Å². The van der Waals surface area contributed by atoms with E-state index in [0.717, 1.165) is 12.0 Å². The van der Waals surface area contributed by atoms with Crippen LogP contribution in [0.3, 0.4) is 0 Å². The molecule has 3 rings (SSSR count). The number of rotatable bonds is 6. The molecule has 0 spiro atoms. The second-order valence-corrected chi connectivity index (χ2v) is 6.37. The Morgan fingerprint density at radius 3 is 2.63 bits per heavy atom. The molecule has 0 unspecified atom stereocenters. The van der Waals surface area contributed by atoms with Gasteiger partial charge in [-0.15, -0.1) is 0 Å². The van der Waals surface area contributed by atoms with Gasteiger partial charge in [-0.1, -0.05) is 31.2 Å². The average Bonchev–Trinajstić information content (AvgIpc) is 3.07. The molecule has 0 radical (unpaired) electrons. The lowest BCUT2D eigenvalue weighted by Gasteiger charge is -2.14. The molecule has 1 saturated heterocycles. The van der Waals surface area contributed by atoms with E-state index < -0.39 is 11.9 Å². The summed E-state index contributed by atoms with van der Waals surface area (Å²) in [5, 5.41) is 2.68. The first-order valence-electron chi connectivity index (χ1n) is 8.85. The van der Waals surface area contributed by atoms with Crippen molar-refractivity contribution >= 4 is 17.7 Å². The summed E-state index contributed by atoms with van der Waals surface area (Å²) in [4.78, 5) is 24.6. The van der Waals surface area contributed by atoms with E-state index in [-0.39, 0.29) is 18.6 Å². The van der Waals surface area contributed by atoms with Crippen LogP contribution in [-0.4, -0.2) is 31.2 Å². The summed E-state index contributed by atoms with van der Waals surface area (Å²) in [7, 11) is 0. The Kier molecular flexibility index (Phi) is 5.71. The number of anilines is 1. The fraction of sp³-hybridized carbons (Fsp3) is 0.300. The number of nitrogens with one attached hydrogen (secondary N) is 1. The highest BCUT2D eigenvalue weighted by Gasteiger charge is 2.31. The summed E-state index contributed by atoms with van der Waals surface area (Å²) >= 11 is 0. The Bertz CT molecular complexity index is 839. The van der Waals surface area contributed by atoms with Gasteiger partial charge in [0.05, 0.1) is 18.8 Å². The van der Waals surface area contributed by atoms with Crippen molar-refractivity contribution in [3.63, 3.8) is 0 Å². The number of cyclic esters (lactones) is 1. The number of halogens is 1. The topological polar surface area (TPSA) is 84.7 Å². The van der Waals surface area contributed by atoms with Crippen molar-refractivity contribution in [3.8, 4) is 11.1 Å². The van der Waals surface area contributed by atoms with Gasteiger partial charge >= 0.3 is 6.09 Å². The lowest BCUT2D eigenvalue weighted by Crippen LogP contribution is -2.29. The van der Waals surface area contributed by atoms with E-state index in [1.165, 1.54) is 11.0 Å². The molecule has 2 aromatic carbocycles. The molecule has 6 nitrogen and oxygen atoms in total. The van der Waals surface area contributed by atoms with E-state index in [1.54, 1.807) is 24.3 Å². The van der Waals surface area contributed by atoms with E-state index in [9.17, 15) is 14.0 Å². The van der Waals surface area contributed by atoms with Crippen molar-refractivity contribution in [2.24, 2.45) is 5.73 Å². The highest BCUT2D eigenvalue weighted by atomic mass is 19.1. The highest BCUT2D eigenvalue weighted by Crippen LogP contribution is 2.29. The maximum Gasteiger partial charge on any atom is 0.414 e. The van der Waals surface area contributed by atoms with Crippen LogP contribution < -0.4 is 16.0 Å². The standard InChI is InChI=1S/C20H22FN3O3/c1-2-16-12-24(20(26)27-16)15-7-8-17(18(21)9-15)14-5-3-13(4-6-14)11-23-19(25)10-22/h3-9,16H,2,10-12,22H2,1H3,(H,23,25)/t16-/m0/s1. The molecule has 0 bridgehead atoms. The van der Waals surface area contributed by atoms with E-state index in [2.05, 4.69) is 5.32 Å². The number of nitrogens with zero attached hydrogens (tertiary/aromatic N) is 1. The zero-order valence-corrected chi connectivity index (χ0v) is 15.1. The Morgan fingerprint density at radius 2 is 2.04 bits per heavy atom. The number of carbonyl (C=O) groups is 2. The van der Waals surface area contributed by atoms with Gasteiger partial charge in [0.25, 0.3) is 0 Å². The quantitative estimate of drug-likeness (QED) is 0.818. The smallest absolute Gasteiger partial charge is 0.414 e. The van der Waals surface area contributed by atoms with Crippen molar-refractivity contribution in [2.75, 3.05) is 18.0 Å². The zero-order valence-electron chi connectivity index (χ0n) is 15.1. The van der Waals surface area contributed by atoms with Gasteiger partial charge in [0.1, 0.15) is 11.9 Å². The third-order valence-electron chi connectivity index (χ3n) is 4.53. The molecule has 1 aliphatic rings. The molecule has 0 aliphatic carbocycles. The fourth-order valence-corrected chi connectivity index (χ4v) is 2.93. The van der Waals surface area contributed by atoms with Gasteiger partial charge < -0.3 is 15.8 Å². The van der Waals surface area contributed by atoms with Crippen molar-refractivity contribution in [3.05, 3.63) is 53.8 Å². The van der Waals surface area contributed by atoms with Crippen LogP contribution in [-0.2, 0) is 16.1 Å². The van der Waals surface area contributed by atoms with Crippen molar-refractivity contribution in [1.82, 2.24) is 5.32 Å². The summed E-state index contributed by atoms with van der Waals surface area (Å²) < 4.78 is 19.9. The fourth-order valence-electron chi connectivity index (χ4n) is 2.93.